The lowest BCUT2D eigenvalue weighted by atomic mass is 9.89. The van der Waals surface area contributed by atoms with Gasteiger partial charge in [0.15, 0.2) is 0 Å². The van der Waals surface area contributed by atoms with E-state index in [4.69, 9.17) is 10.5 Å². The molecule has 0 aromatic heterocycles. The molecule has 0 spiro atoms. The highest BCUT2D eigenvalue weighted by Crippen LogP contribution is 2.41. The Morgan fingerprint density at radius 2 is 1.90 bits per heavy atom. The van der Waals surface area contributed by atoms with Crippen molar-refractivity contribution in [2.75, 3.05) is 13.7 Å². The van der Waals surface area contributed by atoms with E-state index in [0.717, 1.165) is 18.6 Å². The van der Waals surface area contributed by atoms with Crippen molar-refractivity contribution >= 4 is 6.08 Å². The molecule has 0 radical (unpaired) electrons. The maximum Gasteiger partial charge on any atom is 0.119 e. The van der Waals surface area contributed by atoms with Crippen molar-refractivity contribution in [1.82, 2.24) is 0 Å². The fourth-order valence-electron chi connectivity index (χ4n) is 3.14. The van der Waals surface area contributed by atoms with E-state index in [1.807, 2.05) is 6.07 Å². The van der Waals surface area contributed by atoms with Crippen LogP contribution in [0.4, 0.5) is 0 Å². The van der Waals surface area contributed by atoms with Crippen LogP contribution in [0.15, 0.2) is 54.1 Å². The smallest absolute Gasteiger partial charge is 0.119 e. The summed E-state index contributed by atoms with van der Waals surface area (Å²) in [6.45, 7) is 0.711. The highest BCUT2D eigenvalue weighted by Gasteiger charge is 2.24. The number of allylic oxidation sites excluding steroid dienone is 1. The maximum atomic E-state index is 5.83. The minimum atomic E-state index is 0.441. The van der Waals surface area contributed by atoms with Crippen LogP contribution in [0.5, 0.6) is 5.75 Å². The van der Waals surface area contributed by atoms with E-state index >= 15 is 0 Å². The van der Waals surface area contributed by atoms with Crippen molar-refractivity contribution < 1.29 is 4.74 Å². The minimum Gasteiger partial charge on any atom is -0.497 e. The summed E-state index contributed by atoms with van der Waals surface area (Å²) in [6.07, 6.45) is 4.30. The molecular weight excluding hydrogens is 258 g/mol. The van der Waals surface area contributed by atoms with Crippen molar-refractivity contribution in [3.63, 3.8) is 0 Å². The molecule has 108 valence electrons. The molecule has 0 bridgehead atoms. The molecule has 1 aliphatic rings. The molecule has 1 unspecified atom stereocenters. The van der Waals surface area contributed by atoms with Crippen LogP contribution in [0.25, 0.3) is 6.08 Å². The fraction of sp³-hybridized carbons (Fsp3) is 0.263. The first-order valence-corrected chi connectivity index (χ1v) is 7.44. The average molecular weight is 279 g/mol. The van der Waals surface area contributed by atoms with Gasteiger partial charge in [0.1, 0.15) is 5.75 Å². The Labute approximate surface area is 126 Å². The quantitative estimate of drug-likeness (QED) is 0.904. The number of nitrogens with two attached hydrogens (primary N) is 1. The highest BCUT2D eigenvalue weighted by atomic mass is 16.5. The number of fused-ring (bicyclic) bond motifs is 1. The lowest BCUT2D eigenvalue weighted by molar-refractivity contribution is 0.414. The average Bonchev–Trinajstić information content (AvgIpc) is 2.85. The van der Waals surface area contributed by atoms with E-state index in [1.54, 1.807) is 7.11 Å². The molecule has 2 aromatic carbocycles. The molecule has 0 saturated carbocycles. The number of methoxy groups -OCH3 is 1. The summed E-state index contributed by atoms with van der Waals surface area (Å²) >= 11 is 0. The minimum absolute atomic E-state index is 0.441. The van der Waals surface area contributed by atoms with Gasteiger partial charge in [0.25, 0.3) is 0 Å². The molecule has 1 aliphatic carbocycles. The summed E-state index contributed by atoms with van der Waals surface area (Å²) in [6, 6.07) is 17.0. The summed E-state index contributed by atoms with van der Waals surface area (Å²) in [5.74, 6) is 1.36. The molecule has 2 heteroatoms. The van der Waals surface area contributed by atoms with Crippen LogP contribution >= 0.6 is 0 Å². The Bertz CT molecular complexity index is 646. The Morgan fingerprint density at radius 1 is 1.10 bits per heavy atom. The molecule has 1 atom stereocenters. The predicted molar refractivity (Wildman–Crippen MR) is 87.5 cm³/mol. The zero-order valence-electron chi connectivity index (χ0n) is 12.4. The van der Waals surface area contributed by atoms with Crippen molar-refractivity contribution in [2.45, 2.75) is 18.8 Å². The molecule has 0 aliphatic heterocycles. The summed E-state index contributed by atoms with van der Waals surface area (Å²) in [7, 11) is 1.71. The lowest BCUT2D eigenvalue weighted by Crippen LogP contribution is -2.09. The van der Waals surface area contributed by atoms with Crippen molar-refractivity contribution in [3.05, 3.63) is 70.8 Å². The van der Waals surface area contributed by atoms with Gasteiger partial charge in [-0.2, -0.15) is 0 Å². The van der Waals surface area contributed by atoms with Crippen molar-refractivity contribution in [2.24, 2.45) is 5.73 Å². The van der Waals surface area contributed by atoms with Crippen LogP contribution in [0.1, 0.15) is 29.0 Å². The molecule has 2 N–H and O–H groups in total. The standard InChI is InChI=1S/C19H21NO/c1-21-17-7-8-18-16(13-17)12-15(19(18)9-10-20)11-14-5-3-2-4-6-14/h2-8,12-13,19H,9-11,20H2,1H3. The van der Waals surface area contributed by atoms with Gasteiger partial charge in [0.2, 0.25) is 0 Å². The molecule has 0 fully saturated rings. The Balaban J connectivity index is 1.92. The third kappa shape index (κ3) is 2.86. The van der Waals surface area contributed by atoms with Crippen molar-refractivity contribution in [1.29, 1.82) is 0 Å². The molecule has 2 nitrogen and oxygen atoms in total. The Morgan fingerprint density at radius 3 is 2.62 bits per heavy atom. The van der Waals surface area contributed by atoms with Crippen LogP contribution in [0.2, 0.25) is 0 Å². The molecule has 0 saturated heterocycles. The van der Waals surface area contributed by atoms with Crippen LogP contribution in [-0.4, -0.2) is 13.7 Å². The van der Waals surface area contributed by atoms with Gasteiger partial charge in [-0.1, -0.05) is 48.0 Å². The molecule has 0 amide bonds. The summed E-state index contributed by atoms with van der Waals surface area (Å²) in [5.41, 5.74) is 11.3. The van der Waals surface area contributed by atoms with E-state index in [0.29, 0.717) is 12.5 Å². The van der Waals surface area contributed by atoms with Crippen LogP contribution in [0.3, 0.4) is 0 Å². The number of hydrogen-bond donors (Lipinski definition) is 1. The second-order valence-corrected chi connectivity index (χ2v) is 5.51. The predicted octanol–water partition coefficient (Wildman–Crippen LogP) is 3.77. The second-order valence-electron chi connectivity index (χ2n) is 5.51. The lowest BCUT2D eigenvalue weighted by Gasteiger charge is -2.16. The molecule has 3 rings (SSSR count). The fourth-order valence-corrected chi connectivity index (χ4v) is 3.14. The van der Waals surface area contributed by atoms with Gasteiger partial charge in [0.05, 0.1) is 7.11 Å². The third-order valence-corrected chi connectivity index (χ3v) is 4.16. The normalized spacial score (nSPS) is 16.5. The zero-order chi connectivity index (χ0) is 14.7. The summed E-state index contributed by atoms with van der Waals surface area (Å²) in [4.78, 5) is 0. The topological polar surface area (TPSA) is 35.2 Å². The van der Waals surface area contributed by atoms with E-state index in [2.05, 4.69) is 48.5 Å². The van der Waals surface area contributed by atoms with Crippen LogP contribution < -0.4 is 10.5 Å². The number of benzene rings is 2. The zero-order valence-corrected chi connectivity index (χ0v) is 12.4. The van der Waals surface area contributed by atoms with Crippen molar-refractivity contribution in [3.8, 4) is 5.75 Å². The summed E-state index contributed by atoms with van der Waals surface area (Å²) in [5, 5.41) is 0. The highest BCUT2D eigenvalue weighted by molar-refractivity contribution is 5.68. The van der Waals surface area contributed by atoms with Gasteiger partial charge in [-0.3, -0.25) is 0 Å². The maximum absolute atomic E-state index is 5.83. The van der Waals surface area contributed by atoms with E-state index in [-0.39, 0.29) is 0 Å². The second kappa shape index (κ2) is 6.15. The van der Waals surface area contributed by atoms with Gasteiger partial charge >= 0.3 is 0 Å². The van der Waals surface area contributed by atoms with Crippen LogP contribution in [0, 0.1) is 0 Å². The number of ether oxygens (including phenoxy) is 1. The molecule has 21 heavy (non-hydrogen) atoms. The third-order valence-electron chi connectivity index (χ3n) is 4.16. The first-order valence-electron chi connectivity index (χ1n) is 7.44. The Hall–Kier alpha value is -2.06. The van der Waals surface area contributed by atoms with Gasteiger partial charge in [-0.05, 0) is 48.2 Å². The summed E-state index contributed by atoms with van der Waals surface area (Å²) < 4.78 is 5.33. The number of rotatable bonds is 5. The SMILES string of the molecule is COc1ccc2c(c1)C=C(Cc1ccccc1)C2CCN. The first-order chi connectivity index (χ1) is 10.3. The molecule has 2 aromatic rings. The van der Waals surface area contributed by atoms with E-state index in [9.17, 15) is 0 Å². The van der Waals surface area contributed by atoms with E-state index in [1.165, 1.54) is 22.3 Å². The number of hydrogen-bond acceptors (Lipinski definition) is 2. The van der Waals surface area contributed by atoms with Gasteiger partial charge in [-0.15, -0.1) is 0 Å². The molecular formula is C19H21NO. The van der Waals surface area contributed by atoms with Crippen LogP contribution in [-0.2, 0) is 6.42 Å². The molecule has 0 heterocycles. The van der Waals surface area contributed by atoms with Gasteiger partial charge < -0.3 is 10.5 Å². The monoisotopic (exact) mass is 279 g/mol. The first kappa shape index (κ1) is 13.9. The Kier molecular flexibility index (Phi) is 4.07. The van der Waals surface area contributed by atoms with E-state index < -0.39 is 0 Å². The van der Waals surface area contributed by atoms with Gasteiger partial charge in [-0.25, -0.2) is 0 Å². The van der Waals surface area contributed by atoms with Gasteiger partial charge in [0, 0.05) is 5.92 Å². The largest absolute Gasteiger partial charge is 0.497 e.